The van der Waals surface area contributed by atoms with Gasteiger partial charge in [-0.2, -0.15) is 0 Å². The molecule has 5 rings (SSSR count). The van der Waals surface area contributed by atoms with Gasteiger partial charge in [0.2, 0.25) is 0 Å². The molecular formula is C23H23ClN6OS. The molecule has 0 bridgehead atoms. The predicted molar refractivity (Wildman–Crippen MR) is 128 cm³/mol. The van der Waals surface area contributed by atoms with Crippen LogP contribution in [0, 0.1) is 0 Å². The number of thiazole rings is 1. The summed E-state index contributed by atoms with van der Waals surface area (Å²) in [6, 6.07) is 13.8. The number of nitrogens with zero attached hydrogens (tertiary/aromatic N) is 4. The van der Waals surface area contributed by atoms with E-state index in [-0.39, 0.29) is 0 Å². The molecule has 0 spiro atoms. The van der Waals surface area contributed by atoms with Crippen molar-refractivity contribution >= 4 is 39.9 Å². The number of amides is 1. The van der Waals surface area contributed by atoms with Gasteiger partial charge in [0.05, 0.1) is 16.7 Å². The largest absolute Gasteiger partial charge is 0.365 e. The van der Waals surface area contributed by atoms with Crippen LogP contribution in [0.25, 0.3) is 27.4 Å². The normalized spacial score (nSPS) is 15.4. The Morgan fingerprint density at radius 1 is 1.19 bits per heavy atom. The van der Waals surface area contributed by atoms with Crippen LogP contribution >= 0.6 is 22.9 Å². The van der Waals surface area contributed by atoms with Crippen LogP contribution in [0.3, 0.4) is 0 Å². The quantitative estimate of drug-likeness (QED) is 0.465. The fraction of sp³-hybridized carbons (Fsp3) is 0.261. The van der Waals surface area contributed by atoms with Crippen LogP contribution in [-0.4, -0.2) is 44.5 Å². The molecule has 0 atom stereocenters. The second-order valence-corrected chi connectivity index (χ2v) is 9.51. The monoisotopic (exact) mass is 466 g/mol. The SMILES string of the molecule is NC(=O)c1sc(-n2cnc3ccc(CN4CCC(N)CC4)cc32)nc1-c1cccc(Cl)c1. The summed E-state index contributed by atoms with van der Waals surface area (Å²) in [5.74, 6) is -0.517. The van der Waals surface area contributed by atoms with E-state index in [0.29, 0.717) is 26.8 Å². The molecule has 1 saturated heterocycles. The first-order valence-electron chi connectivity index (χ1n) is 10.5. The Kier molecular flexibility index (Phi) is 5.69. The van der Waals surface area contributed by atoms with Gasteiger partial charge in [0.25, 0.3) is 5.91 Å². The smallest absolute Gasteiger partial charge is 0.261 e. The zero-order valence-corrected chi connectivity index (χ0v) is 18.9. The van der Waals surface area contributed by atoms with Crippen molar-refractivity contribution in [3.05, 3.63) is 64.3 Å². The topological polar surface area (TPSA) is 103 Å². The maximum Gasteiger partial charge on any atom is 0.261 e. The van der Waals surface area contributed by atoms with E-state index in [2.05, 4.69) is 22.0 Å². The molecule has 0 unspecified atom stereocenters. The average molecular weight is 467 g/mol. The van der Waals surface area contributed by atoms with Crippen molar-refractivity contribution in [2.75, 3.05) is 13.1 Å². The third kappa shape index (κ3) is 4.14. The van der Waals surface area contributed by atoms with E-state index in [1.165, 1.54) is 16.9 Å². The summed E-state index contributed by atoms with van der Waals surface area (Å²) in [6.07, 6.45) is 3.79. The molecule has 9 heteroatoms. The first kappa shape index (κ1) is 21.1. The Hall–Kier alpha value is -2.78. The number of piperidine rings is 1. The minimum atomic E-state index is -0.517. The number of primary amides is 1. The maximum absolute atomic E-state index is 12.1. The molecule has 2 aromatic carbocycles. The van der Waals surface area contributed by atoms with E-state index in [1.54, 1.807) is 18.5 Å². The summed E-state index contributed by atoms with van der Waals surface area (Å²) in [6.45, 7) is 2.89. The van der Waals surface area contributed by atoms with Crippen molar-refractivity contribution in [1.29, 1.82) is 0 Å². The molecule has 32 heavy (non-hydrogen) atoms. The number of benzene rings is 2. The van der Waals surface area contributed by atoms with Gasteiger partial charge in [0, 0.05) is 23.2 Å². The van der Waals surface area contributed by atoms with Crippen LogP contribution in [0.1, 0.15) is 28.1 Å². The summed E-state index contributed by atoms with van der Waals surface area (Å²) in [7, 11) is 0. The van der Waals surface area contributed by atoms with Gasteiger partial charge in [-0.1, -0.05) is 41.1 Å². The van der Waals surface area contributed by atoms with Gasteiger partial charge in [0.15, 0.2) is 5.13 Å². The number of likely N-dealkylation sites (tertiary alicyclic amines) is 1. The van der Waals surface area contributed by atoms with E-state index in [4.69, 9.17) is 28.1 Å². The molecule has 1 amide bonds. The molecule has 7 nitrogen and oxygen atoms in total. The molecular weight excluding hydrogens is 444 g/mol. The maximum atomic E-state index is 12.1. The van der Waals surface area contributed by atoms with Crippen LogP contribution in [0.15, 0.2) is 48.8 Å². The number of halogens is 1. The first-order valence-corrected chi connectivity index (χ1v) is 11.7. The van der Waals surface area contributed by atoms with Gasteiger partial charge < -0.3 is 11.5 Å². The molecule has 4 aromatic rings. The summed E-state index contributed by atoms with van der Waals surface area (Å²) in [5.41, 5.74) is 16.0. The second kappa shape index (κ2) is 8.63. The first-order chi connectivity index (χ1) is 15.5. The van der Waals surface area contributed by atoms with Crippen molar-refractivity contribution in [3.8, 4) is 16.4 Å². The van der Waals surface area contributed by atoms with Crippen LogP contribution in [-0.2, 0) is 6.54 Å². The van der Waals surface area contributed by atoms with E-state index in [0.717, 1.165) is 49.1 Å². The zero-order chi connectivity index (χ0) is 22.2. The standard InChI is InChI=1S/C23H23ClN6OS/c24-16-3-1-2-15(11-16)20-21(22(26)31)32-23(28-20)30-13-27-18-5-4-14(10-19(18)30)12-29-8-6-17(25)7-9-29/h1-5,10-11,13,17H,6-9,12,25H2,(H2,26,31). The van der Waals surface area contributed by atoms with Gasteiger partial charge in [-0.3, -0.25) is 14.3 Å². The van der Waals surface area contributed by atoms with Gasteiger partial charge in [0.1, 0.15) is 11.2 Å². The number of hydrogen-bond donors (Lipinski definition) is 2. The molecule has 1 fully saturated rings. The lowest BCUT2D eigenvalue weighted by Gasteiger charge is -2.30. The van der Waals surface area contributed by atoms with Crippen LogP contribution in [0.5, 0.6) is 0 Å². The Bertz CT molecular complexity index is 1290. The van der Waals surface area contributed by atoms with Gasteiger partial charge in [-0.05, 0) is 55.8 Å². The Morgan fingerprint density at radius 2 is 2.00 bits per heavy atom. The molecule has 164 valence electrons. The number of imidazole rings is 1. The Balaban J connectivity index is 1.52. The molecule has 0 saturated carbocycles. The van der Waals surface area contributed by atoms with Crippen LogP contribution in [0.4, 0.5) is 0 Å². The predicted octanol–water partition coefficient (Wildman–Crippen LogP) is 3.82. The minimum Gasteiger partial charge on any atom is -0.365 e. The lowest BCUT2D eigenvalue weighted by Crippen LogP contribution is -2.39. The summed E-state index contributed by atoms with van der Waals surface area (Å²) in [5, 5.41) is 1.21. The van der Waals surface area contributed by atoms with E-state index < -0.39 is 5.91 Å². The van der Waals surface area contributed by atoms with Gasteiger partial charge in [-0.25, -0.2) is 9.97 Å². The molecule has 0 aliphatic carbocycles. The third-order valence-electron chi connectivity index (χ3n) is 5.79. The molecule has 1 aliphatic rings. The molecule has 2 aromatic heterocycles. The Morgan fingerprint density at radius 3 is 2.75 bits per heavy atom. The van der Waals surface area contributed by atoms with E-state index >= 15 is 0 Å². The van der Waals surface area contributed by atoms with Crippen molar-refractivity contribution in [3.63, 3.8) is 0 Å². The van der Waals surface area contributed by atoms with Gasteiger partial charge >= 0.3 is 0 Å². The Labute approximate surface area is 194 Å². The van der Waals surface area contributed by atoms with Crippen LogP contribution in [0.2, 0.25) is 5.02 Å². The lowest BCUT2D eigenvalue weighted by molar-refractivity contribution is 0.100. The average Bonchev–Trinajstić information content (AvgIpc) is 3.39. The highest BCUT2D eigenvalue weighted by Gasteiger charge is 2.20. The summed E-state index contributed by atoms with van der Waals surface area (Å²) >= 11 is 7.40. The number of rotatable bonds is 5. The number of hydrogen-bond acceptors (Lipinski definition) is 6. The highest BCUT2D eigenvalue weighted by Crippen LogP contribution is 2.33. The minimum absolute atomic E-state index is 0.313. The molecule has 0 radical (unpaired) electrons. The third-order valence-corrected chi connectivity index (χ3v) is 7.10. The lowest BCUT2D eigenvalue weighted by atomic mass is 10.1. The number of carbonyl (C=O) groups is 1. The number of fused-ring (bicyclic) bond motifs is 1. The summed E-state index contributed by atoms with van der Waals surface area (Å²) in [4.78, 5) is 24.2. The van der Waals surface area contributed by atoms with Crippen molar-refractivity contribution in [1.82, 2.24) is 19.4 Å². The van der Waals surface area contributed by atoms with Crippen molar-refractivity contribution in [2.24, 2.45) is 11.5 Å². The number of carbonyl (C=O) groups excluding carboxylic acids is 1. The summed E-state index contributed by atoms with van der Waals surface area (Å²) < 4.78 is 1.91. The molecule has 3 heterocycles. The molecule has 1 aliphatic heterocycles. The highest BCUT2D eigenvalue weighted by atomic mass is 35.5. The van der Waals surface area contributed by atoms with Crippen molar-refractivity contribution in [2.45, 2.75) is 25.4 Å². The fourth-order valence-corrected chi connectivity index (χ4v) is 5.20. The second-order valence-electron chi connectivity index (χ2n) is 8.10. The number of nitrogens with two attached hydrogens (primary N) is 2. The fourth-order valence-electron chi connectivity index (χ4n) is 4.08. The van der Waals surface area contributed by atoms with Crippen LogP contribution < -0.4 is 11.5 Å². The highest BCUT2D eigenvalue weighted by molar-refractivity contribution is 7.16. The van der Waals surface area contributed by atoms with Crippen molar-refractivity contribution < 1.29 is 4.79 Å². The molecule has 4 N–H and O–H groups in total. The number of aromatic nitrogens is 3. The zero-order valence-electron chi connectivity index (χ0n) is 17.4. The van der Waals surface area contributed by atoms with E-state index in [1.807, 2.05) is 22.8 Å². The van der Waals surface area contributed by atoms with Gasteiger partial charge in [-0.15, -0.1) is 0 Å². The van der Waals surface area contributed by atoms with E-state index in [9.17, 15) is 4.79 Å².